The molecule has 0 atom stereocenters. The predicted molar refractivity (Wildman–Crippen MR) is 43.0 cm³/mol. The van der Waals surface area contributed by atoms with E-state index in [4.69, 9.17) is 0 Å². The fraction of sp³-hybridized carbons (Fsp3) is 0. The monoisotopic (exact) mass is 216 g/mol. The molecule has 0 spiro atoms. The average molecular weight is 218 g/mol. The number of rotatable bonds is 0. The van der Waals surface area contributed by atoms with Crippen LogP contribution in [-0.2, 0) is 19.5 Å². The Balaban J connectivity index is 0.000000167. The molecule has 1 nitrogen and oxygen atoms in total. The van der Waals surface area contributed by atoms with E-state index in [1.807, 2.05) is 35.0 Å². The Morgan fingerprint density at radius 3 is 1.55 bits per heavy atom. The van der Waals surface area contributed by atoms with Crippen LogP contribution in [0, 0.1) is 0 Å². The third kappa shape index (κ3) is 6.02. The van der Waals surface area contributed by atoms with Gasteiger partial charge in [-0.05, 0) is 22.9 Å². The van der Waals surface area contributed by atoms with E-state index in [2.05, 4.69) is 4.42 Å². The van der Waals surface area contributed by atoms with Crippen LogP contribution >= 0.6 is 11.3 Å². The third-order valence-electron chi connectivity index (χ3n) is 0.851. The van der Waals surface area contributed by atoms with Crippen molar-refractivity contribution in [2.75, 3.05) is 0 Å². The molecule has 2 rings (SSSR count). The first-order valence-electron chi connectivity index (χ1n) is 2.94. The molecule has 2 aromatic rings. The predicted octanol–water partition coefficient (Wildman–Crippen LogP) is 3.03. The van der Waals surface area contributed by atoms with Gasteiger partial charge in [0, 0.05) is 19.5 Å². The van der Waals surface area contributed by atoms with Gasteiger partial charge in [-0.15, -0.1) is 0 Å². The topological polar surface area (TPSA) is 13.1 Å². The molecule has 0 aromatic carbocycles. The molecule has 0 aliphatic carbocycles. The van der Waals surface area contributed by atoms with E-state index in [9.17, 15) is 0 Å². The number of thiophene rings is 1. The summed E-state index contributed by atoms with van der Waals surface area (Å²) in [4.78, 5) is 0. The average Bonchev–Trinajstić information content (AvgIpc) is 2.67. The van der Waals surface area contributed by atoms with Gasteiger partial charge in [0.15, 0.2) is 0 Å². The Kier molecular flexibility index (Phi) is 7.43. The van der Waals surface area contributed by atoms with Crippen molar-refractivity contribution >= 4 is 11.3 Å². The van der Waals surface area contributed by atoms with Crippen LogP contribution in [0.2, 0.25) is 0 Å². The van der Waals surface area contributed by atoms with E-state index in [0.29, 0.717) is 0 Å². The molecule has 0 bridgehead atoms. The van der Waals surface area contributed by atoms with Gasteiger partial charge in [0.2, 0.25) is 0 Å². The molecule has 0 radical (unpaired) electrons. The maximum Gasteiger partial charge on any atom is 0.0902 e. The fourth-order valence-electron chi connectivity index (χ4n) is 0.454. The fourth-order valence-corrected chi connectivity index (χ4v) is 0.907. The summed E-state index contributed by atoms with van der Waals surface area (Å²) in [5.41, 5.74) is 0. The van der Waals surface area contributed by atoms with E-state index < -0.39 is 0 Å². The Hall–Kier alpha value is -0.397. The second-order valence-electron chi connectivity index (χ2n) is 1.59. The minimum atomic E-state index is 0. The first-order valence-corrected chi connectivity index (χ1v) is 3.89. The zero-order valence-electron chi connectivity index (χ0n) is 6.14. The Bertz CT molecular complexity index is 153. The Morgan fingerprint density at radius 1 is 0.818 bits per heavy atom. The van der Waals surface area contributed by atoms with Gasteiger partial charge < -0.3 is 4.42 Å². The molecule has 0 amide bonds. The van der Waals surface area contributed by atoms with Gasteiger partial charge in [-0.25, -0.2) is 0 Å². The maximum absolute atomic E-state index is 4.58. The SMILES string of the molecule is [Zn].c1ccoc1.c1ccsc1. The summed E-state index contributed by atoms with van der Waals surface area (Å²) < 4.78 is 4.58. The zero-order chi connectivity index (χ0) is 7.07. The van der Waals surface area contributed by atoms with Crippen molar-refractivity contribution in [3.63, 3.8) is 0 Å². The number of hydrogen-bond donors (Lipinski definition) is 0. The van der Waals surface area contributed by atoms with Crippen LogP contribution in [0.5, 0.6) is 0 Å². The maximum atomic E-state index is 4.58. The normalized spacial score (nSPS) is 7.27. The van der Waals surface area contributed by atoms with Crippen molar-refractivity contribution in [3.8, 4) is 0 Å². The van der Waals surface area contributed by atoms with Gasteiger partial charge in [0.1, 0.15) is 0 Å². The summed E-state index contributed by atoms with van der Waals surface area (Å²) in [7, 11) is 0. The summed E-state index contributed by atoms with van der Waals surface area (Å²) >= 11 is 1.71. The van der Waals surface area contributed by atoms with Gasteiger partial charge >= 0.3 is 0 Å². The molecule has 2 aromatic heterocycles. The summed E-state index contributed by atoms with van der Waals surface area (Å²) in [6.45, 7) is 0. The molecule has 11 heavy (non-hydrogen) atoms. The molecule has 0 aliphatic heterocycles. The van der Waals surface area contributed by atoms with Crippen LogP contribution in [0.15, 0.2) is 52.0 Å². The summed E-state index contributed by atoms with van der Waals surface area (Å²) in [6, 6.07) is 7.70. The first-order chi connectivity index (χ1) is 5.00. The van der Waals surface area contributed by atoms with Crippen molar-refractivity contribution in [2.45, 2.75) is 0 Å². The van der Waals surface area contributed by atoms with Crippen LogP contribution in [-0.4, -0.2) is 0 Å². The van der Waals surface area contributed by atoms with Crippen molar-refractivity contribution in [1.82, 2.24) is 0 Å². The van der Waals surface area contributed by atoms with Crippen LogP contribution in [0.3, 0.4) is 0 Å². The largest absolute Gasteiger partial charge is 0.473 e. The number of hydrogen-bond acceptors (Lipinski definition) is 2. The standard InChI is InChI=1S/C4H4O.C4H4S.Zn/c2*1-2-4-5-3-1;/h2*1-4H;. The molecule has 2 heterocycles. The quantitative estimate of drug-likeness (QED) is 0.619. The molecule has 0 aliphatic rings. The van der Waals surface area contributed by atoms with Gasteiger partial charge in [-0.2, -0.15) is 11.3 Å². The van der Waals surface area contributed by atoms with Crippen molar-refractivity contribution < 1.29 is 23.9 Å². The molecule has 0 fully saturated rings. The summed E-state index contributed by atoms with van der Waals surface area (Å²) in [6.07, 6.45) is 3.25. The van der Waals surface area contributed by atoms with E-state index >= 15 is 0 Å². The molecule has 54 valence electrons. The van der Waals surface area contributed by atoms with Gasteiger partial charge in [0.25, 0.3) is 0 Å². The first kappa shape index (κ1) is 10.6. The molecular weight excluding hydrogens is 210 g/mol. The zero-order valence-corrected chi connectivity index (χ0v) is 9.93. The minimum absolute atomic E-state index is 0. The van der Waals surface area contributed by atoms with Crippen molar-refractivity contribution in [2.24, 2.45) is 0 Å². The molecule has 0 unspecified atom stereocenters. The van der Waals surface area contributed by atoms with Gasteiger partial charge in [-0.3, -0.25) is 0 Å². The van der Waals surface area contributed by atoms with Crippen LogP contribution in [0.4, 0.5) is 0 Å². The molecule has 0 saturated heterocycles. The number of furan rings is 1. The van der Waals surface area contributed by atoms with Crippen LogP contribution in [0.1, 0.15) is 0 Å². The molecule has 0 N–H and O–H groups in total. The van der Waals surface area contributed by atoms with E-state index in [1.165, 1.54) is 0 Å². The van der Waals surface area contributed by atoms with Gasteiger partial charge in [-0.1, -0.05) is 12.1 Å². The smallest absolute Gasteiger partial charge is 0.0902 e. The summed E-state index contributed by atoms with van der Waals surface area (Å²) in [5, 5.41) is 4.08. The Labute approximate surface area is 82.8 Å². The van der Waals surface area contributed by atoms with Crippen LogP contribution < -0.4 is 0 Å². The molecule has 3 heteroatoms. The molecular formula is C8H8OSZn. The second-order valence-corrected chi connectivity index (χ2v) is 2.40. The van der Waals surface area contributed by atoms with Crippen LogP contribution in [0.25, 0.3) is 0 Å². The van der Waals surface area contributed by atoms with Crippen molar-refractivity contribution in [3.05, 3.63) is 47.6 Å². The minimum Gasteiger partial charge on any atom is -0.473 e. The summed E-state index contributed by atoms with van der Waals surface area (Å²) in [5.74, 6) is 0. The van der Waals surface area contributed by atoms with E-state index in [1.54, 1.807) is 23.9 Å². The van der Waals surface area contributed by atoms with E-state index in [0.717, 1.165) is 0 Å². The Morgan fingerprint density at radius 2 is 1.36 bits per heavy atom. The van der Waals surface area contributed by atoms with Gasteiger partial charge in [0.05, 0.1) is 12.5 Å². The molecule has 0 saturated carbocycles. The van der Waals surface area contributed by atoms with E-state index in [-0.39, 0.29) is 19.5 Å². The van der Waals surface area contributed by atoms with Crippen molar-refractivity contribution in [1.29, 1.82) is 0 Å². The third-order valence-corrected chi connectivity index (χ3v) is 1.48. The second kappa shape index (κ2) is 7.71.